The molecule has 2 aromatic carbocycles. The van der Waals surface area contributed by atoms with Crippen molar-refractivity contribution in [2.75, 3.05) is 32.9 Å². The predicted molar refractivity (Wildman–Crippen MR) is 144 cm³/mol. The van der Waals surface area contributed by atoms with Crippen molar-refractivity contribution in [2.24, 2.45) is 0 Å². The van der Waals surface area contributed by atoms with E-state index in [2.05, 4.69) is 22.9 Å². The molecule has 2 N–H and O–H groups in total. The molecule has 1 aromatic heterocycles. The summed E-state index contributed by atoms with van der Waals surface area (Å²) in [7, 11) is 0. The quantitative estimate of drug-likeness (QED) is 0.238. The number of nitrogens with one attached hydrogen (secondary N) is 2. The second-order valence-electron chi connectivity index (χ2n) is 8.12. The number of morpholine rings is 1. The molecule has 3 aromatic rings. The van der Waals surface area contributed by atoms with Gasteiger partial charge in [-0.05, 0) is 42.8 Å². The number of rotatable bonds is 7. The molecule has 2 heterocycles. The van der Waals surface area contributed by atoms with E-state index in [1.807, 2.05) is 23.1 Å². The zero-order valence-electron chi connectivity index (χ0n) is 20.2. The highest BCUT2D eigenvalue weighted by Crippen LogP contribution is 2.26. The van der Waals surface area contributed by atoms with E-state index in [4.69, 9.17) is 26.3 Å². The van der Waals surface area contributed by atoms with Crippen molar-refractivity contribution in [3.8, 4) is 5.40 Å². The number of hydrogen-bond donors (Lipinski definition) is 3. The van der Waals surface area contributed by atoms with E-state index in [0.717, 1.165) is 5.39 Å². The fourth-order valence-electron chi connectivity index (χ4n) is 4.24. The van der Waals surface area contributed by atoms with Gasteiger partial charge >= 0.3 is 5.97 Å². The van der Waals surface area contributed by atoms with E-state index in [1.54, 1.807) is 37.3 Å². The first-order valence-electron chi connectivity index (χ1n) is 11.6. The van der Waals surface area contributed by atoms with Gasteiger partial charge in [0.15, 0.2) is 5.66 Å². The summed E-state index contributed by atoms with van der Waals surface area (Å²) < 4.78 is 11.0. The SMILES string of the molecule is CCOC(=O)C(Cc1cc(=O)[nH]c2ccccc12)(NC(=O)c1ccc(Cl)cc1)N1CCOCC1.N#CS. The number of para-hydroxylation sites is 1. The van der Waals surface area contributed by atoms with Crippen LogP contribution in [-0.4, -0.2) is 60.3 Å². The van der Waals surface area contributed by atoms with Crippen LogP contribution in [0.3, 0.4) is 0 Å². The van der Waals surface area contributed by atoms with Gasteiger partial charge in [0.25, 0.3) is 5.91 Å². The number of hydrogen-bond acceptors (Lipinski definition) is 8. The van der Waals surface area contributed by atoms with Crippen molar-refractivity contribution in [1.82, 2.24) is 15.2 Å². The number of ether oxygens (including phenoxy) is 2. The summed E-state index contributed by atoms with van der Waals surface area (Å²) in [5.41, 5.74) is -0.226. The average molecular weight is 543 g/mol. The number of benzene rings is 2. The van der Waals surface area contributed by atoms with Crippen molar-refractivity contribution in [3.05, 3.63) is 81.1 Å². The average Bonchev–Trinajstić information content (AvgIpc) is 2.89. The number of esters is 1. The van der Waals surface area contributed by atoms with Gasteiger partial charge in [-0.2, -0.15) is 5.26 Å². The molecular formula is C26H27ClN4O5S. The number of aromatic amines is 1. The Morgan fingerprint density at radius 1 is 1.22 bits per heavy atom. The minimum atomic E-state index is -1.55. The lowest BCUT2D eigenvalue weighted by Gasteiger charge is -2.44. The van der Waals surface area contributed by atoms with Crippen LogP contribution in [0.2, 0.25) is 5.02 Å². The zero-order chi connectivity index (χ0) is 26.8. The molecule has 1 aliphatic heterocycles. The molecule has 37 heavy (non-hydrogen) atoms. The van der Waals surface area contributed by atoms with E-state index >= 15 is 0 Å². The Kier molecular flexibility index (Phi) is 10.1. The van der Waals surface area contributed by atoms with Gasteiger partial charge in [0.2, 0.25) is 5.56 Å². The summed E-state index contributed by atoms with van der Waals surface area (Å²) >= 11 is 9.07. The number of halogens is 1. The summed E-state index contributed by atoms with van der Waals surface area (Å²) in [4.78, 5) is 44.0. The van der Waals surface area contributed by atoms with Crippen molar-refractivity contribution >= 4 is 47.0 Å². The highest BCUT2D eigenvalue weighted by molar-refractivity contribution is 7.85. The second-order valence-corrected chi connectivity index (χ2v) is 8.76. The molecule has 1 aliphatic rings. The minimum Gasteiger partial charge on any atom is -0.463 e. The molecule has 1 saturated heterocycles. The summed E-state index contributed by atoms with van der Waals surface area (Å²) in [5.74, 6) is -1.05. The normalized spacial score (nSPS) is 15.0. The summed E-state index contributed by atoms with van der Waals surface area (Å²) in [6.45, 7) is 3.45. The van der Waals surface area contributed by atoms with Crippen molar-refractivity contribution in [1.29, 1.82) is 5.26 Å². The Hall–Kier alpha value is -3.36. The predicted octanol–water partition coefficient (Wildman–Crippen LogP) is 3.14. The molecule has 0 spiro atoms. The number of thiol groups is 1. The van der Waals surface area contributed by atoms with E-state index in [-0.39, 0.29) is 18.6 Å². The third-order valence-electron chi connectivity index (χ3n) is 5.87. The molecule has 1 fully saturated rings. The topological polar surface area (TPSA) is 125 Å². The smallest absolute Gasteiger partial charge is 0.347 e. The molecule has 4 rings (SSSR count). The van der Waals surface area contributed by atoms with Crippen LogP contribution in [-0.2, 0) is 20.7 Å². The third-order valence-corrected chi connectivity index (χ3v) is 6.13. The Labute approximate surface area is 224 Å². The van der Waals surface area contributed by atoms with Crippen LogP contribution in [0.15, 0.2) is 59.4 Å². The first-order valence-corrected chi connectivity index (χ1v) is 12.4. The number of thiocyanates is 1. The number of aromatic nitrogens is 1. The Bertz CT molecular complexity index is 1340. The van der Waals surface area contributed by atoms with Crippen LogP contribution in [0, 0.1) is 10.7 Å². The molecule has 0 aliphatic carbocycles. The Morgan fingerprint density at radius 3 is 2.51 bits per heavy atom. The molecular weight excluding hydrogens is 516 g/mol. The van der Waals surface area contributed by atoms with Gasteiger partial charge in [-0.3, -0.25) is 14.5 Å². The van der Waals surface area contributed by atoms with Gasteiger partial charge in [-0.1, -0.05) is 42.4 Å². The third kappa shape index (κ3) is 6.90. The molecule has 1 unspecified atom stereocenters. The fourth-order valence-corrected chi connectivity index (χ4v) is 4.37. The van der Waals surface area contributed by atoms with E-state index < -0.39 is 17.5 Å². The fraction of sp³-hybridized carbons (Fsp3) is 0.308. The van der Waals surface area contributed by atoms with Crippen LogP contribution in [0.25, 0.3) is 10.9 Å². The number of H-pyrrole nitrogens is 1. The molecule has 0 radical (unpaired) electrons. The molecule has 1 amide bonds. The number of amides is 1. The number of nitrogens with zero attached hydrogens (tertiary/aromatic N) is 2. The molecule has 11 heteroatoms. The highest BCUT2D eigenvalue weighted by atomic mass is 35.5. The molecule has 0 saturated carbocycles. The number of nitriles is 1. The van der Waals surface area contributed by atoms with E-state index in [1.165, 1.54) is 11.5 Å². The van der Waals surface area contributed by atoms with Gasteiger partial charge in [-0.15, -0.1) is 0 Å². The first kappa shape index (κ1) is 28.2. The number of pyridine rings is 1. The van der Waals surface area contributed by atoms with Gasteiger partial charge < -0.3 is 19.8 Å². The largest absolute Gasteiger partial charge is 0.463 e. The van der Waals surface area contributed by atoms with Crippen molar-refractivity contribution in [3.63, 3.8) is 0 Å². The second kappa shape index (κ2) is 13.3. The maximum Gasteiger partial charge on any atom is 0.347 e. The lowest BCUT2D eigenvalue weighted by atomic mass is 9.93. The standard InChI is InChI=1S/C25H26ClN3O5.CHNS/c1-2-34-24(32)25(29-11-13-33-14-12-29,28-23(31)17-7-9-19(26)10-8-17)16-18-15-22(30)27-21-6-4-3-5-20(18)21;2-1-3/h3-10,15H,2,11-14,16H2,1H3,(H,27,30)(H,28,31);3H. The van der Waals surface area contributed by atoms with Crippen LogP contribution < -0.4 is 10.9 Å². The van der Waals surface area contributed by atoms with Crippen LogP contribution in [0.4, 0.5) is 0 Å². The summed E-state index contributed by atoms with van der Waals surface area (Å²) in [6, 6.07) is 15.2. The van der Waals surface area contributed by atoms with Crippen LogP contribution >= 0.6 is 24.2 Å². The maximum atomic E-state index is 13.6. The monoisotopic (exact) mass is 542 g/mol. The van der Waals surface area contributed by atoms with Gasteiger partial charge in [0, 0.05) is 47.1 Å². The number of fused-ring (bicyclic) bond motifs is 1. The van der Waals surface area contributed by atoms with Crippen molar-refractivity contribution < 1.29 is 19.1 Å². The Morgan fingerprint density at radius 2 is 1.86 bits per heavy atom. The van der Waals surface area contributed by atoms with Crippen molar-refractivity contribution in [2.45, 2.75) is 19.0 Å². The van der Waals surface area contributed by atoms with E-state index in [0.29, 0.717) is 48.0 Å². The lowest BCUT2D eigenvalue weighted by Crippen LogP contribution is -2.69. The summed E-state index contributed by atoms with van der Waals surface area (Å²) in [6.07, 6.45) is 0.0373. The molecule has 9 nitrogen and oxygen atoms in total. The first-order chi connectivity index (χ1) is 17.8. The highest BCUT2D eigenvalue weighted by Gasteiger charge is 2.48. The van der Waals surface area contributed by atoms with Crippen LogP contribution in [0.5, 0.6) is 0 Å². The number of carbonyl (C=O) groups excluding carboxylic acids is 2. The molecule has 1 atom stereocenters. The maximum absolute atomic E-state index is 13.6. The Balaban J connectivity index is 0.00000121. The molecule has 194 valence electrons. The van der Waals surface area contributed by atoms with Gasteiger partial charge in [-0.25, -0.2) is 4.79 Å². The van der Waals surface area contributed by atoms with Gasteiger partial charge in [0.1, 0.15) is 5.40 Å². The van der Waals surface area contributed by atoms with Gasteiger partial charge in [0.05, 0.1) is 19.8 Å². The van der Waals surface area contributed by atoms with Crippen LogP contribution in [0.1, 0.15) is 22.8 Å². The number of carbonyl (C=O) groups is 2. The minimum absolute atomic E-state index is 0.0373. The molecule has 0 bridgehead atoms. The summed E-state index contributed by atoms with van der Waals surface area (Å²) in [5, 5.41) is 12.9. The zero-order valence-corrected chi connectivity index (χ0v) is 21.8. The van der Waals surface area contributed by atoms with E-state index in [9.17, 15) is 14.4 Å². The lowest BCUT2D eigenvalue weighted by molar-refractivity contribution is -0.163.